The standard InChI is InChI=1S/C26H37ClN2O4/c1-7-22(29-24(31)33-25(4,5)6)26(16(2)3)11-8-18(9-12-26)32-21-14-17-10-13-28-23(30)19(17)15-20(21)27/h10,13-16,18,22H,7-9,11-12H2,1-6H3,(H,28,30)(H,29,31)/t18-,22?,26+. The number of pyridine rings is 1. The van der Waals surface area contributed by atoms with Gasteiger partial charge in [-0.3, -0.25) is 4.79 Å². The van der Waals surface area contributed by atoms with Crippen molar-refractivity contribution in [2.24, 2.45) is 11.3 Å². The van der Waals surface area contributed by atoms with E-state index in [1.165, 1.54) is 0 Å². The molecule has 1 heterocycles. The van der Waals surface area contributed by atoms with Crippen LogP contribution in [0.15, 0.2) is 29.2 Å². The van der Waals surface area contributed by atoms with Crippen LogP contribution in [0, 0.1) is 11.3 Å². The number of benzene rings is 1. The molecule has 1 atom stereocenters. The number of alkyl carbamates (subject to hydrolysis) is 1. The van der Waals surface area contributed by atoms with Gasteiger partial charge in [0.2, 0.25) is 0 Å². The van der Waals surface area contributed by atoms with Crippen molar-refractivity contribution < 1.29 is 14.3 Å². The van der Waals surface area contributed by atoms with Gasteiger partial charge < -0.3 is 19.8 Å². The molecular formula is C26H37ClN2O4. The molecule has 182 valence electrons. The van der Waals surface area contributed by atoms with Crippen molar-refractivity contribution >= 4 is 28.5 Å². The average molecular weight is 477 g/mol. The Morgan fingerprint density at radius 1 is 1.27 bits per heavy atom. The van der Waals surface area contributed by atoms with Crippen LogP contribution in [-0.2, 0) is 4.74 Å². The molecule has 1 aromatic heterocycles. The summed E-state index contributed by atoms with van der Waals surface area (Å²) >= 11 is 6.44. The van der Waals surface area contributed by atoms with Crippen LogP contribution in [-0.4, -0.2) is 28.8 Å². The molecule has 1 amide bonds. The maximum absolute atomic E-state index is 12.5. The lowest BCUT2D eigenvalue weighted by atomic mass is 9.61. The first-order chi connectivity index (χ1) is 15.4. The van der Waals surface area contributed by atoms with Crippen LogP contribution >= 0.6 is 11.6 Å². The molecule has 0 spiro atoms. The number of hydrogen-bond acceptors (Lipinski definition) is 4. The van der Waals surface area contributed by atoms with Gasteiger partial charge in [-0.25, -0.2) is 4.79 Å². The molecule has 3 rings (SSSR count). The van der Waals surface area contributed by atoms with Crippen LogP contribution in [0.25, 0.3) is 10.8 Å². The van der Waals surface area contributed by atoms with Crippen LogP contribution in [0.3, 0.4) is 0 Å². The van der Waals surface area contributed by atoms with E-state index in [2.05, 4.69) is 31.1 Å². The fourth-order valence-corrected chi connectivity index (χ4v) is 5.34. The second-order valence-electron chi connectivity index (χ2n) is 10.5. The van der Waals surface area contributed by atoms with Gasteiger partial charge in [-0.05, 0) is 87.8 Å². The zero-order valence-electron chi connectivity index (χ0n) is 20.6. The molecule has 1 aromatic carbocycles. The highest BCUT2D eigenvalue weighted by Crippen LogP contribution is 2.47. The zero-order valence-corrected chi connectivity index (χ0v) is 21.3. The van der Waals surface area contributed by atoms with Crippen molar-refractivity contribution in [3.8, 4) is 5.75 Å². The molecule has 1 unspecified atom stereocenters. The number of aromatic nitrogens is 1. The van der Waals surface area contributed by atoms with Crippen LogP contribution in [0.5, 0.6) is 5.75 Å². The summed E-state index contributed by atoms with van der Waals surface area (Å²) in [5.41, 5.74) is -0.710. The zero-order chi connectivity index (χ0) is 24.4. The quantitative estimate of drug-likeness (QED) is 0.502. The lowest BCUT2D eigenvalue weighted by Gasteiger charge is -2.48. The van der Waals surface area contributed by atoms with Gasteiger partial charge >= 0.3 is 6.09 Å². The molecular weight excluding hydrogens is 440 g/mol. The number of nitrogens with one attached hydrogen (secondary N) is 2. The minimum Gasteiger partial charge on any atom is -0.489 e. The topological polar surface area (TPSA) is 80.4 Å². The van der Waals surface area contributed by atoms with Crippen LogP contribution in [0.4, 0.5) is 4.79 Å². The molecule has 1 fully saturated rings. The molecule has 0 saturated heterocycles. The van der Waals surface area contributed by atoms with Gasteiger partial charge in [-0.1, -0.05) is 32.4 Å². The number of carbonyl (C=O) groups is 1. The fraction of sp³-hybridized carbons (Fsp3) is 0.615. The molecule has 1 saturated carbocycles. The molecule has 1 aliphatic carbocycles. The van der Waals surface area contributed by atoms with E-state index in [1.54, 1.807) is 12.3 Å². The summed E-state index contributed by atoms with van der Waals surface area (Å²) in [6.45, 7) is 12.2. The van der Waals surface area contributed by atoms with E-state index in [-0.39, 0.29) is 29.2 Å². The number of amides is 1. The van der Waals surface area contributed by atoms with E-state index >= 15 is 0 Å². The summed E-state index contributed by atoms with van der Waals surface area (Å²) < 4.78 is 11.8. The van der Waals surface area contributed by atoms with Crippen molar-refractivity contribution in [2.45, 2.75) is 91.4 Å². The molecule has 0 radical (unpaired) electrons. The lowest BCUT2D eigenvalue weighted by Crippen LogP contribution is -2.53. The first-order valence-corrected chi connectivity index (χ1v) is 12.3. The minimum atomic E-state index is -0.525. The largest absolute Gasteiger partial charge is 0.489 e. The van der Waals surface area contributed by atoms with E-state index in [0.29, 0.717) is 22.1 Å². The molecule has 0 bridgehead atoms. The van der Waals surface area contributed by atoms with Gasteiger partial charge in [0.25, 0.3) is 5.56 Å². The number of hydrogen-bond donors (Lipinski definition) is 2. The van der Waals surface area contributed by atoms with Crippen molar-refractivity contribution in [2.75, 3.05) is 0 Å². The fourth-order valence-electron chi connectivity index (χ4n) is 5.14. The minimum absolute atomic E-state index is 0.0218. The first-order valence-electron chi connectivity index (χ1n) is 11.9. The van der Waals surface area contributed by atoms with E-state index in [9.17, 15) is 9.59 Å². The summed E-state index contributed by atoms with van der Waals surface area (Å²) in [7, 11) is 0. The summed E-state index contributed by atoms with van der Waals surface area (Å²) in [4.78, 5) is 27.2. The Labute approximate surface area is 201 Å². The van der Waals surface area contributed by atoms with Crippen molar-refractivity contribution in [1.29, 1.82) is 0 Å². The smallest absolute Gasteiger partial charge is 0.407 e. The highest BCUT2D eigenvalue weighted by Gasteiger charge is 2.45. The van der Waals surface area contributed by atoms with Crippen molar-refractivity contribution in [3.63, 3.8) is 0 Å². The van der Waals surface area contributed by atoms with Crippen LogP contribution in [0.1, 0.15) is 73.6 Å². The van der Waals surface area contributed by atoms with Crippen LogP contribution < -0.4 is 15.6 Å². The Morgan fingerprint density at radius 3 is 2.52 bits per heavy atom. The summed E-state index contributed by atoms with van der Waals surface area (Å²) in [5, 5.41) is 4.96. The third-order valence-electron chi connectivity index (χ3n) is 6.93. The Morgan fingerprint density at radius 2 is 1.94 bits per heavy atom. The predicted molar refractivity (Wildman–Crippen MR) is 133 cm³/mol. The summed E-state index contributed by atoms with van der Waals surface area (Å²) in [5.74, 6) is 1.00. The number of rotatable bonds is 6. The molecule has 6 nitrogen and oxygen atoms in total. The maximum Gasteiger partial charge on any atom is 0.407 e. The molecule has 1 aliphatic rings. The third-order valence-corrected chi connectivity index (χ3v) is 7.22. The van der Waals surface area contributed by atoms with Gasteiger partial charge in [-0.15, -0.1) is 0 Å². The highest BCUT2D eigenvalue weighted by atomic mass is 35.5. The number of aromatic amines is 1. The second-order valence-corrected chi connectivity index (χ2v) is 10.9. The summed E-state index contributed by atoms with van der Waals surface area (Å²) in [6, 6.07) is 5.39. The Kier molecular flexibility index (Phi) is 7.67. The molecule has 7 heteroatoms. The monoisotopic (exact) mass is 476 g/mol. The SMILES string of the molecule is CCC(NC(=O)OC(C)(C)C)[C@]1(C(C)C)CC[C@H](Oc2cc3cc[nH]c(=O)c3cc2Cl)CC1. The number of ether oxygens (including phenoxy) is 2. The molecule has 33 heavy (non-hydrogen) atoms. The van der Waals surface area contributed by atoms with E-state index in [0.717, 1.165) is 37.5 Å². The number of carbonyl (C=O) groups excluding carboxylic acids is 1. The van der Waals surface area contributed by atoms with Crippen LogP contribution in [0.2, 0.25) is 5.02 Å². The van der Waals surface area contributed by atoms with Gasteiger partial charge in [-0.2, -0.15) is 0 Å². The van der Waals surface area contributed by atoms with Gasteiger partial charge in [0, 0.05) is 17.6 Å². The van der Waals surface area contributed by atoms with Gasteiger partial charge in [0.1, 0.15) is 11.4 Å². The summed E-state index contributed by atoms with van der Waals surface area (Å²) in [6.07, 6.45) is 5.76. The number of H-pyrrole nitrogens is 1. The van der Waals surface area contributed by atoms with Gasteiger partial charge in [0.15, 0.2) is 0 Å². The van der Waals surface area contributed by atoms with E-state index < -0.39 is 5.60 Å². The number of fused-ring (bicyclic) bond motifs is 1. The second kappa shape index (κ2) is 9.96. The third kappa shape index (κ3) is 5.84. The van der Waals surface area contributed by atoms with Crippen molar-refractivity contribution in [3.05, 3.63) is 39.8 Å². The lowest BCUT2D eigenvalue weighted by molar-refractivity contribution is 0.00442. The Hall–Kier alpha value is -2.21. The van der Waals surface area contributed by atoms with Gasteiger partial charge in [0.05, 0.1) is 11.1 Å². The predicted octanol–water partition coefficient (Wildman–Crippen LogP) is 6.45. The highest BCUT2D eigenvalue weighted by molar-refractivity contribution is 6.32. The first kappa shape index (κ1) is 25.4. The Balaban J connectivity index is 1.72. The van der Waals surface area contributed by atoms with E-state index in [4.69, 9.17) is 21.1 Å². The Bertz CT molecular complexity index is 1030. The average Bonchev–Trinajstić information content (AvgIpc) is 2.72. The molecule has 2 N–H and O–H groups in total. The molecule has 0 aliphatic heterocycles. The van der Waals surface area contributed by atoms with E-state index in [1.807, 2.05) is 32.9 Å². The normalized spacial score (nSPS) is 22.2. The van der Waals surface area contributed by atoms with Crippen molar-refractivity contribution in [1.82, 2.24) is 10.3 Å². The maximum atomic E-state index is 12.5. The number of halogens is 1. The molecule has 2 aromatic rings.